The van der Waals surface area contributed by atoms with E-state index < -0.39 is 10.0 Å². The normalized spacial score (nSPS) is 23.1. The molecule has 1 aromatic carbocycles. The molecule has 2 aliphatic rings. The first-order valence-electron chi connectivity index (χ1n) is 10.3. The van der Waals surface area contributed by atoms with Gasteiger partial charge in [-0.1, -0.05) is 18.9 Å². The van der Waals surface area contributed by atoms with E-state index in [-0.39, 0.29) is 6.04 Å². The van der Waals surface area contributed by atoms with Gasteiger partial charge >= 0.3 is 0 Å². The van der Waals surface area contributed by atoms with Crippen LogP contribution in [-0.4, -0.2) is 62.7 Å². The van der Waals surface area contributed by atoms with Crippen molar-refractivity contribution in [3.05, 3.63) is 29.8 Å². The molecule has 0 radical (unpaired) electrons. The molecule has 0 amide bonds. The van der Waals surface area contributed by atoms with E-state index in [1.807, 2.05) is 12.1 Å². The number of rotatable bonds is 6. The average Bonchev–Trinajstić information content (AvgIpc) is 2.95. The first-order valence-corrected chi connectivity index (χ1v) is 12.1. The van der Waals surface area contributed by atoms with E-state index in [0.29, 0.717) is 24.6 Å². The fourth-order valence-corrected chi connectivity index (χ4v) is 5.73. The van der Waals surface area contributed by atoms with Crippen LogP contribution in [0, 0.1) is 17.2 Å². The van der Waals surface area contributed by atoms with Gasteiger partial charge in [-0.05, 0) is 62.9 Å². The lowest BCUT2D eigenvalue weighted by molar-refractivity contribution is 0.115. The van der Waals surface area contributed by atoms with Crippen LogP contribution in [0.25, 0.3) is 0 Å². The maximum Gasteiger partial charge on any atom is 0.211 e. The zero-order valence-electron chi connectivity index (χ0n) is 16.7. The second-order valence-corrected chi connectivity index (χ2v) is 9.89. The largest absolute Gasteiger partial charge is 0.492 e. The minimum absolute atomic E-state index is 0.171. The predicted octanol–water partition coefficient (Wildman–Crippen LogP) is 2.85. The minimum atomic E-state index is -3.14. The van der Waals surface area contributed by atoms with E-state index in [0.717, 1.165) is 63.9 Å². The lowest BCUT2D eigenvalue weighted by atomic mass is 9.87. The quantitative estimate of drug-likeness (QED) is 0.728. The molecule has 154 valence electrons. The van der Waals surface area contributed by atoms with E-state index >= 15 is 0 Å². The Balaban J connectivity index is 1.47. The summed E-state index contributed by atoms with van der Waals surface area (Å²) in [5, 5.41) is 8.96. The molecule has 0 N–H and O–H groups in total. The molecule has 0 aromatic heterocycles. The Bertz CT molecular complexity index is 782. The van der Waals surface area contributed by atoms with Crippen molar-refractivity contribution in [3.8, 4) is 11.8 Å². The molecule has 2 fully saturated rings. The third-order valence-electron chi connectivity index (χ3n) is 5.99. The molecule has 1 unspecified atom stereocenters. The van der Waals surface area contributed by atoms with Crippen molar-refractivity contribution >= 4 is 10.0 Å². The van der Waals surface area contributed by atoms with E-state index in [9.17, 15) is 8.42 Å². The molecule has 0 aliphatic carbocycles. The number of ether oxygens (including phenoxy) is 1. The highest BCUT2D eigenvalue weighted by molar-refractivity contribution is 7.88. The Morgan fingerprint density at radius 1 is 1.14 bits per heavy atom. The Labute approximate surface area is 169 Å². The molecule has 1 atom stereocenters. The van der Waals surface area contributed by atoms with Crippen LogP contribution in [0.15, 0.2) is 24.3 Å². The second kappa shape index (κ2) is 9.73. The lowest BCUT2D eigenvalue weighted by Gasteiger charge is -2.39. The molecule has 0 bridgehead atoms. The standard InChI is InChI=1S/C21H31N3O3S/c1-28(25,26)24-11-4-2-3-8-21(24)19-9-12-23(13-10-19)14-15-27-20-7-5-6-18(16-20)17-22/h5-7,16,19,21H,2-4,8-15H2,1H3. The van der Waals surface area contributed by atoms with Gasteiger partial charge in [0.15, 0.2) is 0 Å². The van der Waals surface area contributed by atoms with Crippen molar-refractivity contribution in [2.75, 3.05) is 39.0 Å². The van der Waals surface area contributed by atoms with Gasteiger partial charge in [0.1, 0.15) is 12.4 Å². The van der Waals surface area contributed by atoms with Gasteiger partial charge in [-0.25, -0.2) is 8.42 Å². The van der Waals surface area contributed by atoms with Crippen molar-refractivity contribution in [1.82, 2.24) is 9.21 Å². The van der Waals surface area contributed by atoms with Crippen LogP contribution in [0.3, 0.4) is 0 Å². The van der Waals surface area contributed by atoms with Crippen molar-refractivity contribution in [2.24, 2.45) is 5.92 Å². The van der Waals surface area contributed by atoms with Crippen molar-refractivity contribution < 1.29 is 13.2 Å². The summed E-state index contributed by atoms with van der Waals surface area (Å²) in [7, 11) is -3.14. The lowest BCUT2D eigenvalue weighted by Crippen LogP contribution is -2.47. The number of nitriles is 1. The van der Waals surface area contributed by atoms with Gasteiger partial charge in [-0.3, -0.25) is 4.90 Å². The molecular weight excluding hydrogens is 374 g/mol. The van der Waals surface area contributed by atoms with E-state index in [1.54, 1.807) is 16.4 Å². The van der Waals surface area contributed by atoms with Crippen molar-refractivity contribution in [1.29, 1.82) is 5.26 Å². The minimum Gasteiger partial charge on any atom is -0.492 e. The summed E-state index contributed by atoms with van der Waals surface area (Å²) in [5.41, 5.74) is 0.608. The van der Waals surface area contributed by atoms with Gasteiger partial charge in [-0.2, -0.15) is 9.57 Å². The third kappa shape index (κ3) is 5.69. The first-order chi connectivity index (χ1) is 13.5. The Morgan fingerprint density at radius 3 is 2.64 bits per heavy atom. The topological polar surface area (TPSA) is 73.6 Å². The van der Waals surface area contributed by atoms with Crippen LogP contribution in [0.5, 0.6) is 5.75 Å². The molecule has 6 nitrogen and oxygen atoms in total. The number of likely N-dealkylation sites (tertiary alicyclic amines) is 1. The molecule has 0 saturated carbocycles. The number of hydrogen-bond acceptors (Lipinski definition) is 5. The number of piperidine rings is 1. The average molecular weight is 406 g/mol. The molecule has 3 rings (SSSR count). The van der Waals surface area contributed by atoms with E-state index in [2.05, 4.69) is 11.0 Å². The van der Waals surface area contributed by atoms with Gasteiger partial charge < -0.3 is 4.74 Å². The van der Waals surface area contributed by atoms with Crippen molar-refractivity contribution in [2.45, 2.75) is 44.6 Å². The summed E-state index contributed by atoms with van der Waals surface area (Å²) in [6, 6.07) is 9.53. The van der Waals surface area contributed by atoms with E-state index in [4.69, 9.17) is 10.00 Å². The molecule has 28 heavy (non-hydrogen) atoms. The fraction of sp³-hybridized carbons (Fsp3) is 0.667. The highest BCUT2D eigenvalue weighted by Gasteiger charge is 2.35. The number of sulfonamides is 1. The van der Waals surface area contributed by atoms with E-state index in [1.165, 1.54) is 6.26 Å². The second-order valence-electron chi connectivity index (χ2n) is 7.96. The third-order valence-corrected chi connectivity index (χ3v) is 7.30. The summed E-state index contributed by atoms with van der Waals surface area (Å²) >= 11 is 0. The Morgan fingerprint density at radius 2 is 1.93 bits per heavy atom. The molecule has 7 heteroatoms. The fourth-order valence-electron chi connectivity index (χ4n) is 4.50. The van der Waals surface area contributed by atoms with Gasteiger partial charge in [0.2, 0.25) is 10.0 Å². The van der Waals surface area contributed by atoms with Crippen LogP contribution in [0.2, 0.25) is 0 Å². The molecule has 2 aliphatic heterocycles. The summed E-state index contributed by atoms with van der Waals surface area (Å²) in [4.78, 5) is 2.39. The maximum atomic E-state index is 12.3. The van der Waals surface area contributed by atoms with Gasteiger partial charge in [0.05, 0.1) is 17.9 Å². The number of benzene rings is 1. The van der Waals surface area contributed by atoms with Crippen molar-refractivity contribution in [3.63, 3.8) is 0 Å². The van der Waals surface area contributed by atoms with Crippen LogP contribution in [0.4, 0.5) is 0 Å². The Hall–Kier alpha value is -1.62. The predicted molar refractivity (Wildman–Crippen MR) is 110 cm³/mol. The molecular formula is C21H31N3O3S. The SMILES string of the molecule is CS(=O)(=O)N1CCCCCC1C1CCN(CCOc2cccc(C#N)c2)CC1. The highest BCUT2D eigenvalue weighted by atomic mass is 32.2. The summed E-state index contributed by atoms with van der Waals surface area (Å²) < 4.78 is 32.1. The summed E-state index contributed by atoms with van der Waals surface area (Å²) in [6.45, 7) is 4.10. The molecule has 1 aromatic rings. The maximum absolute atomic E-state index is 12.3. The molecule has 0 spiro atoms. The molecule has 2 saturated heterocycles. The highest BCUT2D eigenvalue weighted by Crippen LogP contribution is 2.31. The van der Waals surface area contributed by atoms with Crippen LogP contribution >= 0.6 is 0 Å². The van der Waals surface area contributed by atoms with Gasteiger partial charge in [0.25, 0.3) is 0 Å². The van der Waals surface area contributed by atoms with Crippen LogP contribution in [0.1, 0.15) is 44.1 Å². The zero-order valence-corrected chi connectivity index (χ0v) is 17.5. The van der Waals surface area contributed by atoms with Gasteiger partial charge in [-0.15, -0.1) is 0 Å². The Kier molecular flexibility index (Phi) is 7.33. The van der Waals surface area contributed by atoms with Crippen LogP contribution in [-0.2, 0) is 10.0 Å². The van der Waals surface area contributed by atoms with Crippen LogP contribution < -0.4 is 4.74 Å². The zero-order chi connectivity index (χ0) is 20.0. The number of nitrogens with zero attached hydrogens (tertiary/aromatic N) is 3. The summed E-state index contributed by atoms with van der Waals surface area (Å²) in [5.74, 6) is 1.19. The monoisotopic (exact) mass is 405 g/mol. The molecule has 2 heterocycles. The summed E-state index contributed by atoms with van der Waals surface area (Å²) in [6.07, 6.45) is 7.68. The number of hydrogen-bond donors (Lipinski definition) is 0. The first kappa shape index (κ1) is 21.1. The van der Waals surface area contributed by atoms with Gasteiger partial charge in [0, 0.05) is 19.1 Å². The smallest absolute Gasteiger partial charge is 0.211 e.